The Morgan fingerprint density at radius 3 is 1.47 bits per heavy atom. The number of aliphatic hydroxyl groups excluding tert-OH is 1. The first-order valence-corrected chi connectivity index (χ1v) is 47.8. The third kappa shape index (κ3) is 32.2. The van der Waals surface area contributed by atoms with Crippen LogP contribution in [0.4, 0.5) is 16.2 Å². The largest absolute Gasteiger partial charge is 1.00 e. The third-order valence-corrected chi connectivity index (χ3v) is 65.0. The summed E-state index contributed by atoms with van der Waals surface area (Å²) in [6.45, 7) is 4.74. The molecule has 518 valence electrons. The third-order valence-electron chi connectivity index (χ3n) is 13.6. The number of methoxy groups -OCH3 is 1. The van der Waals surface area contributed by atoms with E-state index in [0.29, 0.717) is 93.7 Å². The molecule has 0 radical (unpaired) electrons. The van der Waals surface area contributed by atoms with E-state index in [-0.39, 0.29) is 122 Å². The zero-order valence-electron chi connectivity index (χ0n) is 53.2. The number of aromatic carboxylic acids is 2. The molecule has 25 nitrogen and oxygen atoms in total. The van der Waals surface area contributed by atoms with Crippen molar-refractivity contribution in [3.05, 3.63) is 126 Å². The Labute approximate surface area is 591 Å². The molecule has 6 aromatic rings. The van der Waals surface area contributed by atoms with Gasteiger partial charge in [0.25, 0.3) is 0 Å². The van der Waals surface area contributed by atoms with E-state index in [0.717, 1.165) is 82.9 Å². The summed E-state index contributed by atoms with van der Waals surface area (Å²) in [4.78, 5) is 125. The Morgan fingerprint density at radius 2 is 1.04 bits per heavy atom. The van der Waals surface area contributed by atoms with Crippen molar-refractivity contribution in [1.29, 1.82) is 0 Å². The van der Waals surface area contributed by atoms with Crippen molar-refractivity contribution in [1.82, 2.24) is 40.9 Å². The number of unbranched alkanes of at least 4 members (excludes halogenated alkanes) is 5. The molecule has 95 heavy (non-hydrogen) atoms. The Bertz CT molecular complexity index is 3640. The van der Waals surface area contributed by atoms with Crippen LogP contribution in [0.1, 0.15) is 121 Å². The molecule has 0 bridgehead atoms. The molecule has 2 fully saturated rings. The zero-order valence-corrected chi connectivity index (χ0v) is 65.4. The van der Waals surface area contributed by atoms with Crippen molar-refractivity contribution in [3.8, 4) is 0 Å². The summed E-state index contributed by atoms with van der Waals surface area (Å²) in [6, 6.07) is 18.2. The minimum atomic E-state index is -1.21. The van der Waals surface area contributed by atoms with Crippen LogP contribution < -0.4 is 72.6 Å². The predicted molar refractivity (Wildman–Crippen MR) is 412 cm³/mol. The number of carbonyl (C=O) groups is 7. The van der Waals surface area contributed by atoms with Gasteiger partial charge >= 0.3 is 42.8 Å². The Balaban J connectivity index is 0.000000743. The number of carboxylic acid groups (broad SMARTS) is 2. The Kier molecular flexibility index (Phi) is 45.7. The van der Waals surface area contributed by atoms with Crippen LogP contribution in [0.3, 0.4) is 0 Å². The molecular formula is C57H87LiN10O15P10S2. The second-order valence-electron chi connectivity index (χ2n) is 20.6. The van der Waals surface area contributed by atoms with E-state index < -0.39 is 23.3 Å². The molecule has 0 spiro atoms. The molecule has 16 N–H and O–H groups in total. The van der Waals surface area contributed by atoms with E-state index in [1.807, 2.05) is 18.7 Å². The minimum absolute atomic E-state index is 0. The molecule has 2 aliphatic rings. The van der Waals surface area contributed by atoms with Crippen molar-refractivity contribution in [3.63, 3.8) is 0 Å². The number of pyridine rings is 3. The first-order chi connectivity index (χ1) is 44.3. The molecule has 3 aromatic heterocycles. The maximum atomic E-state index is 12.4. The smallest absolute Gasteiger partial charge is 0.870 e. The van der Waals surface area contributed by atoms with Gasteiger partial charge in [0.15, 0.2) is 16.3 Å². The average molecular weight is 1530 g/mol. The monoisotopic (exact) mass is 1530 g/mol. The van der Waals surface area contributed by atoms with Gasteiger partial charge in [0.05, 0.1) is 30.2 Å². The van der Waals surface area contributed by atoms with Crippen LogP contribution in [0.25, 0.3) is 32.7 Å². The number of ketones is 1. The van der Waals surface area contributed by atoms with Gasteiger partial charge in [0, 0.05) is 115 Å². The number of thiol groups is 1. The number of aliphatic hydroxyl groups is 1. The summed E-state index contributed by atoms with van der Waals surface area (Å²) in [7, 11) is 19.9. The molecule has 0 aliphatic carbocycles. The number of carbonyl (C=O) groups excluding carboxylic acids is 5. The molecular weight excluding hydrogens is 1450 g/mol. The normalized spacial score (nSPS) is 14.1. The summed E-state index contributed by atoms with van der Waals surface area (Å²) in [5.41, 5.74) is 13.0. The molecule has 9 atom stereocenters. The number of urea groups is 1. The molecule has 0 saturated carbocycles. The fraction of sp³-hybridized carbons (Fsp3) is 0.404. The molecule has 4 amide bonds. The number of Topliss-reactive ketones (excluding diaryl/α,β-unsaturated/α-hetero) is 1. The molecule has 2 aliphatic heterocycles. The van der Waals surface area contributed by atoms with Gasteiger partial charge in [0.2, 0.25) is 11.8 Å². The fourth-order valence-corrected chi connectivity index (χ4v) is 97.3. The summed E-state index contributed by atoms with van der Waals surface area (Å²) in [6.07, 6.45) is 9.19. The number of aromatic amines is 3. The molecule has 8 rings (SSSR count). The van der Waals surface area contributed by atoms with Crippen LogP contribution in [-0.4, -0.2) is 134 Å². The number of nitrogens with two attached hydrogens (primary N) is 2. The quantitative estimate of drug-likeness (QED) is 0.00478. The van der Waals surface area contributed by atoms with Crippen molar-refractivity contribution >= 4 is 192 Å². The van der Waals surface area contributed by atoms with E-state index >= 15 is 0 Å². The SMILES string of the molecule is CCNS.CO.COC(=O)c1cc(=O)c2cc(N)ccc2[nH]1.Nc1ccc2[nH]c(C(=O)O)cc(=O)c2c1.O=C(CCCCCNC(=O)CCCCCNC(=O)CCCC[C@@H]1SC[C@@H]2NC(=O)N[C@@H]21)Cc1ccc2[nH]c(C(=O)O)cc(=O)c2c1.PP(P)P(P(P)P)P(P)P.[Li+].[OH-]. The number of H-pyrrole nitrogens is 3. The number of hydrogen-bond acceptors (Lipinski definition) is 18. The zero-order chi connectivity index (χ0) is 69.3. The molecule has 6 unspecified atom stereocenters. The predicted octanol–water partition coefficient (Wildman–Crippen LogP) is 7.40. The number of nitrogen functional groups attached to an aromatic ring is 2. The number of fused-ring (bicyclic) bond motifs is 4. The van der Waals surface area contributed by atoms with Crippen molar-refractivity contribution < 1.29 is 78.0 Å². The van der Waals surface area contributed by atoms with E-state index in [4.69, 9.17) is 26.8 Å². The molecule has 5 heterocycles. The second kappa shape index (κ2) is 48.4. The van der Waals surface area contributed by atoms with Crippen molar-refractivity contribution in [2.45, 2.75) is 108 Å². The van der Waals surface area contributed by atoms with E-state index in [2.05, 4.69) is 112 Å². The number of aromatic nitrogens is 3. The van der Waals surface area contributed by atoms with Crippen LogP contribution in [0.2, 0.25) is 0 Å². The second-order valence-corrected chi connectivity index (χ2v) is 58.8. The first kappa shape index (κ1) is 89.7. The Hall–Kier alpha value is -3.34. The number of anilines is 2. The van der Waals surface area contributed by atoms with Gasteiger partial charge in [-0.15, -0.1) is 53.6 Å². The maximum absolute atomic E-state index is 12.4. The van der Waals surface area contributed by atoms with Gasteiger partial charge < -0.3 is 73.2 Å². The number of nitrogens with one attached hydrogen (secondary N) is 8. The molecule has 3 aromatic carbocycles. The van der Waals surface area contributed by atoms with Gasteiger partial charge in [0.1, 0.15) is 22.9 Å². The summed E-state index contributed by atoms with van der Waals surface area (Å²) >= 11 is 5.56. The summed E-state index contributed by atoms with van der Waals surface area (Å²) < 4.78 is 7.16. The van der Waals surface area contributed by atoms with Crippen LogP contribution in [0, 0.1) is 0 Å². The van der Waals surface area contributed by atoms with E-state index in [9.17, 15) is 47.9 Å². The molecule has 38 heteroatoms. The number of amides is 4. The van der Waals surface area contributed by atoms with Crippen molar-refractivity contribution in [2.24, 2.45) is 0 Å². The maximum Gasteiger partial charge on any atom is 1.00 e. The van der Waals surface area contributed by atoms with Gasteiger partial charge in [-0.1, -0.05) is 45.1 Å². The van der Waals surface area contributed by atoms with Gasteiger partial charge in [-0.3, -0.25) is 33.5 Å². The van der Waals surface area contributed by atoms with Crippen LogP contribution >= 0.6 is 106 Å². The number of hydrogen-bond donors (Lipinski definition) is 14. The number of benzene rings is 3. The number of ether oxygens (including phenoxy) is 1. The van der Waals surface area contributed by atoms with Gasteiger partial charge in [-0.25, -0.2) is 19.2 Å². The fourth-order valence-electron chi connectivity index (χ4n) is 9.18. The number of carboxylic acids is 2. The van der Waals surface area contributed by atoms with Crippen LogP contribution in [-0.2, 0) is 25.5 Å². The summed E-state index contributed by atoms with van der Waals surface area (Å²) in [5.74, 6) is -1.85. The van der Waals surface area contributed by atoms with E-state index in [1.165, 1.54) is 19.2 Å². The minimum Gasteiger partial charge on any atom is -0.870 e. The number of rotatable bonds is 26. The van der Waals surface area contributed by atoms with Crippen molar-refractivity contribution in [2.75, 3.05) is 51.1 Å². The van der Waals surface area contributed by atoms with Gasteiger partial charge in [-0.05, 0) is 121 Å². The van der Waals surface area contributed by atoms with E-state index in [1.54, 1.807) is 48.5 Å². The number of thioether (sulfide) groups is 1. The topological polar surface area (TPSA) is 430 Å². The van der Waals surface area contributed by atoms with Crippen LogP contribution in [0.15, 0.2) is 87.2 Å². The Morgan fingerprint density at radius 1 is 0.621 bits per heavy atom. The standard InChI is InChI=1S/C33H45N5O7S.C11H10N2O3.C10H8N2O3.C2H7NS.CH4O.Li.H2O.H12P10/c39-22(17-21-13-14-24-23(18-21)27(40)19-25(36-24)32(43)44)9-3-1-7-15-34-29(41)11-4-2-8-16-35-30(42)12-6-5-10-28-31-26(20-46-28)37-33(45)38-31;1-16-11(15)9-5-10(14)7-4-6(12)2-3-8(7)13-9;11-5-1-2-7-6(3-5)9(13)4-8(12-7)10(14)15;1-2-3-4;1-2;;;1-7(2)10(8(3)4)9(5)6/h13-14,18-19,26,28,31H,1-12,15-17,20H2,(H,34,41)(H,35,42)(H,36,40)(H,43,44)(H2,37,38,45);2-5H,12H2,1H3,(H,13,14);1-4H,11H2,(H,12,13)(H,14,15);3-4H,2H2,1H3;2H,1H3;;1H2;1-6H2/q;;;;;+1;;/p-1/t26-,28-,31-;;;;;;;/m0......./s1. The van der Waals surface area contributed by atoms with Gasteiger partial charge in [-0.2, -0.15) is 11.8 Å². The first-order valence-electron chi connectivity index (χ1n) is 29.1. The summed E-state index contributed by atoms with van der Waals surface area (Å²) in [5, 5.41) is 38.3. The van der Waals surface area contributed by atoms with Crippen LogP contribution in [0.5, 0.6) is 0 Å². The average Bonchev–Trinajstić information content (AvgIpc) is 1.07. The molecule has 2 saturated heterocycles. The number of esters is 1.